The van der Waals surface area contributed by atoms with E-state index in [4.69, 9.17) is 14.9 Å². The lowest BCUT2D eigenvalue weighted by Gasteiger charge is -2.08. The molecule has 0 aliphatic carbocycles. The monoisotopic (exact) mass is 420 g/mol. The molecule has 0 saturated heterocycles. The lowest BCUT2D eigenvalue weighted by molar-refractivity contribution is 0.303. The zero-order valence-corrected chi connectivity index (χ0v) is 14.2. The second-order valence-electron chi connectivity index (χ2n) is 4.65. The molecule has 0 atom stereocenters. The minimum Gasteiger partial charge on any atom is -0.488 e. The molecule has 2 N–H and O–H groups in total. The molecular weight excluding hydrogens is 407 g/mol. The SMILES string of the molecule is Nc1nnc(/C=C/c2ccc(OCc3cccnc3)c(I)c2)o1. The highest BCUT2D eigenvalue weighted by molar-refractivity contribution is 14.1. The Bertz CT molecular complexity index is 818. The van der Waals surface area contributed by atoms with Gasteiger partial charge in [-0.3, -0.25) is 4.98 Å². The first-order valence-corrected chi connectivity index (χ1v) is 7.87. The summed E-state index contributed by atoms with van der Waals surface area (Å²) in [5.41, 5.74) is 7.41. The molecule has 0 amide bonds. The molecule has 0 spiro atoms. The molecule has 6 nitrogen and oxygen atoms in total. The Labute approximate surface area is 146 Å². The van der Waals surface area contributed by atoms with Gasteiger partial charge in [-0.1, -0.05) is 17.2 Å². The maximum absolute atomic E-state index is 5.81. The molecule has 3 rings (SSSR count). The fourth-order valence-corrected chi connectivity index (χ4v) is 2.56. The number of ether oxygens (including phenoxy) is 1. The summed E-state index contributed by atoms with van der Waals surface area (Å²) in [5.74, 6) is 1.20. The van der Waals surface area contributed by atoms with Crippen LogP contribution in [0.25, 0.3) is 12.2 Å². The van der Waals surface area contributed by atoms with Gasteiger partial charge in [-0.25, -0.2) is 0 Å². The summed E-state index contributed by atoms with van der Waals surface area (Å²) >= 11 is 2.24. The largest absolute Gasteiger partial charge is 0.488 e. The average Bonchev–Trinajstić information content (AvgIpc) is 2.98. The van der Waals surface area contributed by atoms with Gasteiger partial charge in [0, 0.05) is 24.0 Å². The average molecular weight is 420 g/mol. The molecule has 1 aromatic carbocycles. The number of pyridine rings is 1. The summed E-state index contributed by atoms with van der Waals surface area (Å²) in [4.78, 5) is 4.07. The zero-order valence-electron chi connectivity index (χ0n) is 12.0. The summed E-state index contributed by atoms with van der Waals surface area (Å²) < 4.78 is 11.9. The van der Waals surface area contributed by atoms with E-state index in [1.54, 1.807) is 18.5 Å². The summed E-state index contributed by atoms with van der Waals surface area (Å²) in [7, 11) is 0. The van der Waals surface area contributed by atoms with Crippen molar-refractivity contribution in [2.45, 2.75) is 6.61 Å². The minimum absolute atomic E-state index is 0.0541. The van der Waals surface area contributed by atoms with Crippen molar-refractivity contribution in [3.8, 4) is 5.75 Å². The highest BCUT2D eigenvalue weighted by Crippen LogP contribution is 2.24. The number of nitrogen functional groups attached to an aromatic ring is 1. The van der Waals surface area contributed by atoms with E-state index in [-0.39, 0.29) is 6.01 Å². The van der Waals surface area contributed by atoms with Gasteiger partial charge in [0.2, 0.25) is 5.89 Å². The summed E-state index contributed by atoms with van der Waals surface area (Å²) in [6.45, 7) is 0.486. The number of hydrogen-bond acceptors (Lipinski definition) is 6. The van der Waals surface area contributed by atoms with E-state index in [9.17, 15) is 0 Å². The van der Waals surface area contributed by atoms with Gasteiger partial charge in [-0.2, -0.15) is 0 Å². The van der Waals surface area contributed by atoms with E-state index >= 15 is 0 Å². The van der Waals surface area contributed by atoms with E-state index in [1.807, 2.05) is 36.4 Å². The van der Waals surface area contributed by atoms with Gasteiger partial charge in [0.1, 0.15) is 12.4 Å². The van der Waals surface area contributed by atoms with Gasteiger partial charge in [0.05, 0.1) is 3.57 Å². The van der Waals surface area contributed by atoms with Crippen molar-refractivity contribution in [2.75, 3.05) is 5.73 Å². The van der Waals surface area contributed by atoms with Crippen LogP contribution in [0.15, 0.2) is 47.1 Å². The van der Waals surface area contributed by atoms with E-state index in [2.05, 4.69) is 37.8 Å². The molecule has 2 heterocycles. The number of nitrogens with zero attached hydrogens (tertiary/aromatic N) is 3. The van der Waals surface area contributed by atoms with Crippen LogP contribution in [-0.4, -0.2) is 15.2 Å². The summed E-state index contributed by atoms with van der Waals surface area (Å²) in [6, 6.07) is 9.82. The lowest BCUT2D eigenvalue weighted by Crippen LogP contribution is -1.97. The second kappa shape index (κ2) is 7.23. The highest BCUT2D eigenvalue weighted by Gasteiger charge is 2.03. The molecule has 0 fully saturated rings. The Morgan fingerprint density at radius 2 is 2.13 bits per heavy atom. The molecule has 7 heteroatoms. The Hall–Kier alpha value is -2.42. The predicted molar refractivity (Wildman–Crippen MR) is 95.4 cm³/mol. The van der Waals surface area contributed by atoms with Crippen molar-refractivity contribution in [2.24, 2.45) is 0 Å². The maximum Gasteiger partial charge on any atom is 0.313 e. The second-order valence-corrected chi connectivity index (χ2v) is 5.81. The number of anilines is 1. The number of aromatic nitrogens is 3. The van der Waals surface area contributed by atoms with Gasteiger partial charge in [0.25, 0.3) is 0 Å². The zero-order chi connectivity index (χ0) is 16.1. The standard InChI is InChI=1S/C16H13IN4O2/c17-13-8-11(4-6-15-20-21-16(18)23-15)3-5-14(13)22-10-12-2-1-7-19-9-12/h1-9H,10H2,(H2,18,21)/b6-4+. The van der Waals surface area contributed by atoms with E-state index in [0.29, 0.717) is 12.5 Å². The smallest absolute Gasteiger partial charge is 0.313 e. The molecule has 0 unspecified atom stereocenters. The van der Waals surface area contributed by atoms with Crippen LogP contribution in [0.5, 0.6) is 5.75 Å². The van der Waals surface area contributed by atoms with Crippen molar-refractivity contribution in [3.63, 3.8) is 0 Å². The number of halogens is 1. The van der Waals surface area contributed by atoms with Gasteiger partial charge in [-0.15, -0.1) is 5.10 Å². The number of rotatable bonds is 5. The van der Waals surface area contributed by atoms with Crippen LogP contribution in [0.3, 0.4) is 0 Å². The molecule has 2 aromatic heterocycles. The molecule has 0 aliphatic rings. The van der Waals surface area contributed by atoms with Crippen LogP contribution < -0.4 is 10.5 Å². The topological polar surface area (TPSA) is 87.1 Å². The van der Waals surface area contributed by atoms with Crippen LogP contribution in [0.2, 0.25) is 0 Å². The Kier molecular flexibility index (Phi) is 4.86. The number of nitrogens with two attached hydrogens (primary N) is 1. The van der Waals surface area contributed by atoms with Crippen molar-refractivity contribution >= 4 is 40.8 Å². The van der Waals surface area contributed by atoms with Crippen LogP contribution in [0, 0.1) is 3.57 Å². The first-order valence-electron chi connectivity index (χ1n) is 6.79. The van der Waals surface area contributed by atoms with Crippen LogP contribution >= 0.6 is 22.6 Å². The van der Waals surface area contributed by atoms with Gasteiger partial charge in [0.15, 0.2) is 0 Å². The fourth-order valence-electron chi connectivity index (χ4n) is 1.86. The first kappa shape index (κ1) is 15.5. The Morgan fingerprint density at radius 1 is 1.22 bits per heavy atom. The minimum atomic E-state index is 0.0541. The third-order valence-corrected chi connectivity index (χ3v) is 3.79. The van der Waals surface area contributed by atoms with Crippen molar-refractivity contribution in [3.05, 3.63) is 63.3 Å². The molecule has 0 bridgehead atoms. The van der Waals surface area contributed by atoms with E-state index in [0.717, 1.165) is 20.4 Å². The molecule has 116 valence electrons. The van der Waals surface area contributed by atoms with Crippen LogP contribution in [-0.2, 0) is 6.61 Å². The quantitative estimate of drug-likeness (QED) is 0.637. The van der Waals surface area contributed by atoms with Crippen molar-refractivity contribution < 1.29 is 9.15 Å². The first-order chi connectivity index (χ1) is 11.2. The van der Waals surface area contributed by atoms with Crippen LogP contribution in [0.1, 0.15) is 17.0 Å². The van der Waals surface area contributed by atoms with Gasteiger partial charge in [-0.05, 0) is 52.4 Å². The predicted octanol–water partition coefficient (Wildman–Crippen LogP) is 3.40. The summed E-state index contributed by atoms with van der Waals surface area (Å²) in [5, 5.41) is 7.37. The molecule has 3 aromatic rings. The highest BCUT2D eigenvalue weighted by atomic mass is 127. The third-order valence-electron chi connectivity index (χ3n) is 2.95. The van der Waals surface area contributed by atoms with Crippen LogP contribution in [0.4, 0.5) is 6.01 Å². The van der Waals surface area contributed by atoms with Crippen molar-refractivity contribution in [1.82, 2.24) is 15.2 Å². The Morgan fingerprint density at radius 3 is 2.83 bits per heavy atom. The molecule has 23 heavy (non-hydrogen) atoms. The normalized spacial score (nSPS) is 11.0. The lowest BCUT2D eigenvalue weighted by atomic mass is 10.2. The van der Waals surface area contributed by atoms with E-state index in [1.165, 1.54) is 0 Å². The molecule has 0 radical (unpaired) electrons. The molecular formula is C16H13IN4O2. The van der Waals surface area contributed by atoms with Gasteiger partial charge >= 0.3 is 6.01 Å². The van der Waals surface area contributed by atoms with Gasteiger partial charge < -0.3 is 14.9 Å². The van der Waals surface area contributed by atoms with Crippen molar-refractivity contribution in [1.29, 1.82) is 0 Å². The Balaban J connectivity index is 1.67. The third kappa shape index (κ3) is 4.28. The number of benzene rings is 1. The molecule has 0 saturated carbocycles. The fraction of sp³-hybridized carbons (Fsp3) is 0.0625. The molecule has 0 aliphatic heterocycles. The van der Waals surface area contributed by atoms with E-state index < -0.39 is 0 Å². The summed E-state index contributed by atoms with van der Waals surface area (Å²) in [6.07, 6.45) is 7.12. The number of hydrogen-bond donors (Lipinski definition) is 1. The maximum atomic E-state index is 5.81.